The van der Waals surface area contributed by atoms with Crippen molar-refractivity contribution >= 4 is 41.4 Å². The molecule has 0 amide bonds. The van der Waals surface area contributed by atoms with Crippen LogP contribution < -0.4 is 26.2 Å². The molecule has 1 fully saturated rings. The molecule has 208 valence electrons. The van der Waals surface area contributed by atoms with Crippen LogP contribution in [0.15, 0.2) is 115 Å². The first-order chi connectivity index (χ1) is 20.1. The maximum Gasteiger partial charge on any atom is 0.494 e. The second kappa shape index (κ2) is 9.67. The van der Waals surface area contributed by atoms with Gasteiger partial charge in [0.25, 0.3) is 0 Å². The minimum Gasteiger partial charge on any atom is -0.399 e. The SMILES string of the molecule is Cc1ccc([Si]2(c3ccc(C)cc3)c3ccccc3-c3c(-c4ccc(B5OC(C)(C)C(C)(C)O5)cc4)cccc32)cc1. The van der Waals surface area contributed by atoms with E-state index < -0.39 is 8.07 Å². The van der Waals surface area contributed by atoms with Gasteiger partial charge >= 0.3 is 7.12 Å². The van der Waals surface area contributed by atoms with Gasteiger partial charge in [0.15, 0.2) is 8.07 Å². The molecule has 4 heteroatoms. The van der Waals surface area contributed by atoms with Gasteiger partial charge in [-0.2, -0.15) is 0 Å². The van der Waals surface area contributed by atoms with E-state index in [2.05, 4.69) is 157 Å². The Bertz CT molecular complexity index is 1730. The van der Waals surface area contributed by atoms with E-state index in [-0.39, 0.29) is 18.3 Å². The van der Waals surface area contributed by atoms with E-state index >= 15 is 0 Å². The van der Waals surface area contributed by atoms with Crippen LogP contribution >= 0.6 is 0 Å². The normalized spacial score (nSPS) is 17.6. The molecule has 0 radical (unpaired) electrons. The molecule has 1 saturated heterocycles. The number of hydrogen-bond acceptors (Lipinski definition) is 2. The van der Waals surface area contributed by atoms with Gasteiger partial charge in [0.05, 0.1) is 11.2 Å². The van der Waals surface area contributed by atoms with E-state index in [1.165, 1.54) is 54.1 Å². The molecule has 2 aliphatic rings. The molecular formula is C38H37BO2Si. The predicted octanol–water partition coefficient (Wildman–Crippen LogP) is 5.63. The van der Waals surface area contributed by atoms with Crippen molar-refractivity contribution in [3.05, 3.63) is 126 Å². The third kappa shape index (κ3) is 4.00. The van der Waals surface area contributed by atoms with Crippen LogP contribution in [0.3, 0.4) is 0 Å². The predicted molar refractivity (Wildman–Crippen MR) is 180 cm³/mol. The van der Waals surface area contributed by atoms with Crippen molar-refractivity contribution in [1.29, 1.82) is 0 Å². The molecule has 5 aromatic carbocycles. The average Bonchev–Trinajstić information content (AvgIpc) is 3.41. The zero-order valence-electron chi connectivity index (χ0n) is 25.4. The van der Waals surface area contributed by atoms with E-state index in [9.17, 15) is 0 Å². The molecule has 0 unspecified atom stereocenters. The minimum atomic E-state index is -2.54. The summed E-state index contributed by atoms with van der Waals surface area (Å²) >= 11 is 0. The fourth-order valence-corrected chi connectivity index (χ4v) is 11.9. The van der Waals surface area contributed by atoms with Gasteiger partial charge in [0.1, 0.15) is 0 Å². The molecule has 0 saturated carbocycles. The van der Waals surface area contributed by atoms with Crippen molar-refractivity contribution in [3.63, 3.8) is 0 Å². The van der Waals surface area contributed by atoms with Crippen LogP contribution in [0.5, 0.6) is 0 Å². The lowest BCUT2D eigenvalue weighted by atomic mass is 9.78. The molecule has 2 heterocycles. The van der Waals surface area contributed by atoms with Gasteiger partial charge in [0.2, 0.25) is 0 Å². The summed E-state index contributed by atoms with van der Waals surface area (Å²) < 4.78 is 12.7. The van der Waals surface area contributed by atoms with E-state index in [4.69, 9.17) is 9.31 Å². The van der Waals surface area contributed by atoms with Crippen molar-refractivity contribution < 1.29 is 9.31 Å². The highest BCUT2D eigenvalue weighted by molar-refractivity contribution is 7.22. The van der Waals surface area contributed by atoms with Gasteiger partial charge in [-0.05, 0) is 90.0 Å². The number of rotatable bonds is 4. The number of aryl methyl sites for hydroxylation is 2. The van der Waals surface area contributed by atoms with Crippen molar-refractivity contribution in [2.75, 3.05) is 0 Å². The highest BCUT2D eigenvalue weighted by Crippen LogP contribution is 2.38. The van der Waals surface area contributed by atoms with E-state index in [0.29, 0.717) is 0 Å². The molecule has 0 bridgehead atoms. The minimum absolute atomic E-state index is 0.361. The maximum atomic E-state index is 6.34. The quantitative estimate of drug-likeness (QED) is 0.259. The number of hydrogen-bond donors (Lipinski definition) is 0. The van der Waals surface area contributed by atoms with E-state index in [1.54, 1.807) is 0 Å². The van der Waals surface area contributed by atoms with Crippen LogP contribution in [0.2, 0.25) is 0 Å². The van der Waals surface area contributed by atoms with Gasteiger partial charge in [0, 0.05) is 0 Å². The van der Waals surface area contributed by atoms with Crippen LogP contribution in [0.1, 0.15) is 38.8 Å². The molecule has 0 aromatic heterocycles. The Hall–Kier alpha value is -3.70. The second-order valence-corrected chi connectivity index (χ2v) is 16.7. The van der Waals surface area contributed by atoms with Crippen LogP contribution in [0.25, 0.3) is 22.3 Å². The third-order valence-electron chi connectivity index (χ3n) is 9.79. The van der Waals surface area contributed by atoms with Gasteiger partial charge in [-0.25, -0.2) is 0 Å². The zero-order valence-corrected chi connectivity index (χ0v) is 26.4. The summed E-state index contributed by atoms with van der Waals surface area (Å²) in [7, 11) is -2.91. The monoisotopic (exact) mass is 564 g/mol. The molecular weight excluding hydrogens is 527 g/mol. The highest BCUT2D eigenvalue weighted by atomic mass is 28.3. The Labute approximate surface area is 251 Å². The van der Waals surface area contributed by atoms with Crippen molar-refractivity contribution in [1.82, 2.24) is 0 Å². The van der Waals surface area contributed by atoms with Crippen LogP contribution in [-0.4, -0.2) is 26.4 Å². The summed E-state index contributed by atoms with van der Waals surface area (Å²) in [5, 5.41) is 5.78. The lowest BCUT2D eigenvalue weighted by molar-refractivity contribution is 0.00578. The summed E-state index contributed by atoms with van der Waals surface area (Å²) in [5.74, 6) is 0. The van der Waals surface area contributed by atoms with Gasteiger partial charge in [-0.15, -0.1) is 0 Å². The Morgan fingerprint density at radius 2 is 1.02 bits per heavy atom. The average molecular weight is 565 g/mol. The largest absolute Gasteiger partial charge is 0.494 e. The smallest absolute Gasteiger partial charge is 0.399 e. The second-order valence-electron chi connectivity index (χ2n) is 13.0. The molecule has 2 nitrogen and oxygen atoms in total. The fraction of sp³-hybridized carbons (Fsp3) is 0.211. The summed E-state index contributed by atoms with van der Waals surface area (Å²) in [4.78, 5) is 0. The standard InChI is InChI=1S/C38H37BO2Si/c1-26-14-22-30(23-15-26)42(31-24-16-27(2)17-25-31)34-12-8-7-10-33(34)36-32(11-9-13-35(36)42)28-18-20-29(21-19-28)39-40-37(3,4)38(5,6)41-39/h7-25H,1-6H3. The van der Waals surface area contributed by atoms with Crippen LogP contribution in [0, 0.1) is 13.8 Å². The summed E-state index contributed by atoms with van der Waals surface area (Å²) in [6.45, 7) is 12.8. The molecule has 0 N–H and O–H groups in total. The Balaban J connectivity index is 1.42. The third-order valence-corrected chi connectivity index (χ3v) is 14.7. The van der Waals surface area contributed by atoms with Crippen molar-refractivity contribution in [2.45, 2.75) is 52.7 Å². The molecule has 0 spiro atoms. The first kappa shape index (κ1) is 27.2. The van der Waals surface area contributed by atoms with Gasteiger partial charge in [-0.1, -0.05) is 126 Å². The first-order valence-electron chi connectivity index (χ1n) is 15.0. The Kier molecular flexibility index (Phi) is 6.25. The van der Waals surface area contributed by atoms with E-state index in [1.807, 2.05) is 0 Å². The van der Waals surface area contributed by atoms with Gasteiger partial charge in [-0.3, -0.25) is 0 Å². The Morgan fingerprint density at radius 1 is 0.524 bits per heavy atom. The molecule has 0 atom stereocenters. The summed E-state index contributed by atoms with van der Waals surface area (Å²) in [5.41, 5.74) is 8.10. The van der Waals surface area contributed by atoms with Crippen LogP contribution in [0.4, 0.5) is 0 Å². The van der Waals surface area contributed by atoms with Gasteiger partial charge < -0.3 is 9.31 Å². The summed E-state index contributed by atoms with van der Waals surface area (Å²) in [6, 6.07) is 43.5. The molecule has 42 heavy (non-hydrogen) atoms. The van der Waals surface area contributed by atoms with Crippen molar-refractivity contribution in [2.24, 2.45) is 0 Å². The molecule has 5 aromatic rings. The first-order valence-corrected chi connectivity index (χ1v) is 17.0. The molecule has 7 rings (SSSR count). The van der Waals surface area contributed by atoms with E-state index in [0.717, 1.165) is 5.46 Å². The number of fused-ring (bicyclic) bond motifs is 3. The molecule has 0 aliphatic carbocycles. The maximum absolute atomic E-state index is 6.34. The van der Waals surface area contributed by atoms with Crippen LogP contribution in [-0.2, 0) is 9.31 Å². The zero-order chi connectivity index (χ0) is 29.3. The number of benzene rings is 5. The lowest BCUT2D eigenvalue weighted by Gasteiger charge is -2.32. The Morgan fingerprint density at radius 3 is 1.60 bits per heavy atom. The fourth-order valence-electron chi connectivity index (χ4n) is 6.76. The highest BCUT2D eigenvalue weighted by Gasteiger charge is 2.52. The molecule has 2 aliphatic heterocycles. The topological polar surface area (TPSA) is 18.5 Å². The lowest BCUT2D eigenvalue weighted by Crippen LogP contribution is -2.72. The summed E-state index contributed by atoms with van der Waals surface area (Å²) in [6.07, 6.45) is 0. The van der Waals surface area contributed by atoms with Crippen molar-refractivity contribution in [3.8, 4) is 22.3 Å².